The summed E-state index contributed by atoms with van der Waals surface area (Å²) < 4.78 is 5.30. The van der Waals surface area contributed by atoms with Crippen molar-refractivity contribution in [3.63, 3.8) is 0 Å². The molecule has 128 valence electrons. The van der Waals surface area contributed by atoms with Gasteiger partial charge in [-0.15, -0.1) is 5.10 Å². The summed E-state index contributed by atoms with van der Waals surface area (Å²) in [7, 11) is 0. The minimum Gasteiger partial charge on any atom is -0.467 e. The van der Waals surface area contributed by atoms with Gasteiger partial charge in [0.25, 0.3) is 0 Å². The van der Waals surface area contributed by atoms with Gasteiger partial charge in [-0.1, -0.05) is 18.2 Å². The first-order valence-electron chi connectivity index (χ1n) is 8.39. The standard InChI is InChI=1S/C18H20N6O/c1-2-5-15(6-3-1)23-8-10-24(11-9-23)17-14-20-22-18(21-17)19-13-16-7-4-12-25-16/h1-7,12,14H,8-11,13H2,(H,19,21,22). The number of para-hydroxylation sites is 1. The molecular formula is C18H20N6O. The molecule has 0 spiro atoms. The van der Waals surface area contributed by atoms with Crippen LogP contribution >= 0.6 is 0 Å². The minimum absolute atomic E-state index is 0.513. The Morgan fingerprint density at radius 3 is 2.52 bits per heavy atom. The number of anilines is 3. The van der Waals surface area contributed by atoms with E-state index in [1.54, 1.807) is 12.5 Å². The highest BCUT2D eigenvalue weighted by Gasteiger charge is 2.19. The van der Waals surface area contributed by atoms with Gasteiger partial charge >= 0.3 is 0 Å². The molecule has 4 rings (SSSR count). The first-order chi connectivity index (χ1) is 12.4. The molecule has 0 radical (unpaired) electrons. The van der Waals surface area contributed by atoms with Crippen LogP contribution in [0, 0.1) is 0 Å². The van der Waals surface area contributed by atoms with Gasteiger partial charge in [0.2, 0.25) is 5.95 Å². The summed E-state index contributed by atoms with van der Waals surface area (Å²) in [5.74, 6) is 2.20. The molecule has 2 aromatic heterocycles. The number of furan rings is 1. The van der Waals surface area contributed by atoms with Gasteiger partial charge in [-0.05, 0) is 24.3 Å². The van der Waals surface area contributed by atoms with Gasteiger partial charge in [0.05, 0.1) is 19.0 Å². The number of hydrogen-bond donors (Lipinski definition) is 1. The summed E-state index contributed by atoms with van der Waals surface area (Å²) in [6.07, 6.45) is 3.37. The van der Waals surface area contributed by atoms with Crippen molar-refractivity contribution >= 4 is 17.5 Å². The highest BCUT2D eigenvalue weighted by molar-refractivity contribution is 5.49. The minimum atomic E-state index is 0.513. The van der Waals surface area contributed by atoms with E-state index < -0.39 is 0 Å². The van der Waals surface area contributed by atoms with Crippen molar-refractivity contribution in [2.45, 2.75) is 6.54 Å². The van der Waals surface area contributed by atoms with Crippen LogP contribution in [0.1, 0.15) is 5.76 Å². The van der Waals surface area contributed by atoms with Crippen molar-refractivity contribution in [3.8, 4) is 0 Å². The Morgan fingerprint density at radius 1 is 0.960 bits per heavy atom. The van der Waals surface area contributed by atoms with E-state index in [4.69, 9.17) is 4.42 Å². The molecule has 1 saturated heterocycles. The third-order valence-electron chi connectivity index (χ3n) is 4.27. The second kappa shape index (κ2) is 7.21. The van der Waals surface area contributed by atoms with Crippen molar-refractivity contribution in [1.82, 2.24) is 15.2 Å². The molecule has 7 nitrogen and oxygen atoms in total. The van der Waals surface area contributed by atoms with Crippen LogP contribution in [-0.4, -0.2) is 41.4 Å². The molecule has 1 N–H and O–H groups in total. The highest BCUT2D eigenvalue weighted by atomic mass is 16.3. The molecule has 0 amide bonds. The molecule has 1 aromatic carbocycles. The fourth-order valence-corrected chi connectivity index (χ4v) is 2.93. The number of rotatable bonds is 5. The number of nitrogens with zero attached hydrogens (tertiary/aromatic N) is 5. The van der Waals surface area contributed by atoms with Gasteiger partial charge < -0.3 is 19.5 Å². The Morgan fingerprint density at radius 2 is 1.76 bits per heavy atom. The zero-order valence-electron chi connectivity index (χ0n) is 13.9. The Bertz CT molecular complexity index is 784. The maximum absolute atomic E-state index is 5.30. The van der Waals surface area contributed by atoms with Crippen LogP contribution in [0.15, 0.2) is 59.3 Å². The smallest absolute Gasteiger partial charge is 0.245 e. The average Bonchev–Trinajstić information content (AvgIpc) is 3.21. The fourth-order valence-electron chi connectivity index (χ4n) is 2.93. The van der Waals surface area contributed by atoms with Crippen LogP contribution in [0.4, 0.5) is 17.5 Å². The lowest BCUT2D eigenvalue weighted by atomic mass is 10.2. The lowest BCUT2D eigenvalue weighted by Crippen LogP contribution is -2.46. The van der Waals surface area contributed by atoms with E-state index in [0.717, 1.165) is 37.8 Å². The normalized spacial score (nSPS) is 14.6. The second-order valence-corrected chi connectivity index (χ2v) is 5.88. The van der Waals surface area contributed by atoms with E-state index in [-0.39, 0.29) is 0 Å². The number of benzene rings is 1. The average molecular weight is 336 g/mol. The van der Waals surface area contributed by atoms with E-state index in [1.807, 2.05) is 18.2 Å². The molecule has 0 unspecified atom stereocenters. The summed E-state index contributed by atoms with van der Waals surface area (Å²) in [5.41, 5.74) is 1.27. The third-order valence-corrected chi connectivity index (χ3v) is 4.27. The van der Waals surface area contributed by atoms with E-state index >= 15 is 0 Å². The topological polar surface area (TPSA) is 70.3 Å². The first-order valence-corrected chi connectivity index (χ1v) is 8.39. The van der Waals surface area contributed by atoms with Gasteiger partial charge in [-0.2, -0.15) is 10.1 Å². The molecule has 0 atom stereocenters. The number of aromatic nitrogens is 3. The SMILES string of the molecule is c1ccc(N2CCN(c3cnnc(NCc4ccco4)n3)CC2)cc1. The lowest BCUT2D eigenvalue weighted by molar-refractivity contribution is 0.517. The van der Waals surface area contributed by atoms with Crippen LogP contribution in [0.5, 0.6) is 0 Å². The molecule has 1 aliphatic rings. The van der Waals surface area contributed by atoms with E-state index in [1.165, 1.54) is 5.69 Å². The molecule has 3 heterocycles. The number of nitrogens with one attached hydrogen (secondary N) is 1. The van der Waals surface area contributed by atoms with Crippen LogP contribution in [0.2, 0.25) is 0 Å². The van der Waals surface area contributed by atoms with Gasteiger partial charge in [-0.3, -0.25) is 0 Å². The monoisotopic (exact) mass is 336 g/mol. The first kappa shape index (κ1) is 15.4. The second-order valence-electron chi connectivity index (χ2n) is 5.88. The predicted molar refractivity (Wildman–Crippen MR) is 96.7 cm³/mol. The largest absolute Gasteiger partial charge is 0.467 e. The number of piperazine rings is 1. The quantitative estimate of drug-likeness (QED) is 0.767. The van der Waals surface area contributed by atoms with Gasteiger partial charge in [0, 0.05) is 31.9 Å². The fraction of sp³-hybridized carbons (Fsp3) is 0.278. The van der Waals surface area contributed by atoms with Gasteiger partial charge in [0.15, 0.2) is 5.82 Å². The zero-order valence-corrected chi connectivity index (χ0v) is 13.9. The maximum Gasteiger partial charge on any atom is 0.245 e. The number of hydrogen-bond acceptors (Lipinski definition) is 7. The molecule has 1 fully saturated rings. The van der Waals surface area contributed by atoms with Gasteiger partial charge in [0.1, 0.15) is 5.76 Å². The molecule has 3 aromatic rings. The van der Waals surface area contributed by atoms with E-state index in [0.29, 0.717) is 12.5 Å². The summed E-state index contributed by atoms with van der Waals surface area (Å²) in [6, 6.07) is 14.3. The highest BCUT2D eigenvalue weighted by Crippen LogP contribution is 2.19. The Hall–Kier alpha value is -3.09. The van der Waals surface area contributed by atoms with Crippen molar-refractivity contribution in [2.24, 2.45) is 0 Å². The third kappa shape index (κ3) is 3.71. The molecular weight excluding hydrogens is 316 g/mol. The summed E-state index contributed by atoms with van der Waals surface area (Å²) in [4.78, 5) is 9.21. The molecule has 1 aliphatic heterocycles. The lowest BCUT2D eigenvalue weighted by Gasteiger charge is -2.36. The van der Waals surface area contributed by atoms with Crippen molar-refractivity contribution in [2.75, 3.05) is 41.3 Å². The van der Waals surface area contributed by atoms with Crippen molar-refractivity contribution in [3.05, 3.63) is 60.7 Å². The van der Waals surface area contributed by atoms with Crippen LogP contribution in [0.3, 0.4) is 0 Å². The summed E-state index contributed by atoms with van der Waals surface area (Å²) in [6.45, 7) is 4.28. The van der Waals surface area contributed by atoms with Crippen molar-refractivity contribution in [1.29, 1.82) is 0 Å². The maximum atomic E-state index is 5.30. The molecule has 0 saturated carbocycles. The zero-order chi connectivity index (χ0) is 16.9. The Kier molecular flexibility index (Phi) is 4.45. The summed E-state index contributed by atoms with van der Waals surface area (Å²) in [5, 5.41) is 11.3. The summed E-state index contributed by atoms with van der Waals surface area (Å²) >= 11 is 0. The predicted octanol–water partition coefficient (Wildman–Crippen LogP) is 2.40. The molecule has 7 heteroatoms. The molecule has 0 aliphatic carbocycles. The van der Waals surface area contributed by atoms with Gasteiger partial charge in [-0.25, -0.2) is 0 Å². The van der Waals surface area contributed by atoms with E-state index in [2.05, 4.69) is 54.6 Å². The van der Waals surface area contributed by atoms with Crippen LogP contribution in [0.25, 0.3) is 0 Å². The van der Waals surface area contributed by atoms with Crippen molar-refractivity contribution < 1.29 is 4.42 Å². The Balaban J connectivity index is 1.37. The Labute approximate surface area is 146 Å². The molecule has 0 bridgehead atoms. The van der Waals surface area contributed by atoms with Crippen LogP contribution in [-0.2, 0) is 6.54 Å². The van der Waals surface area contributed by atoms with Crippen LogP contribution < -0.4 is 15.1 Å². The molecule has 25 heavy (non-hydrogen) atoms. The van der Waals surface area contributed by atoms with E-state index in [9.17, 15) is 0 Å².